The fourth-order valence-electron chi connectivity index (χ4n) is 1.76. The molecule has 2 rings (SSSR count). The number of Topliss-reactive ketones (excluding diaryl/α,β-unsaturated/α-hetero) is 1. The first-order valence-corrected chi connectivity index (χ1v) is 6.27. The molecule has 1 aromatic rings. The zero-order valence-corrected chi connectivity index (χ0v) is 10.3. The Morgan fingerprint density at radius 1 is 1.47 bits per heavy atom. The van der Waals surface area contributed by atoms with Crippen molar-refractivity contribution in [3.63, 3.8) is 0 Å². The van der Waals surface area contributed by atoms with Gasteiger partial charge in [-0.15, -0.1) is 11.8 Å². The molecule has 90 valence electrons. The molecule has 0 spiro atoms. The fraction of sp³-hybridized carbons (Fsp3) is 0.333. The van der Waals surface area contributed by atoms with Gasteiger partial charge >= 0.3 is 0 Å². The highest BCUT2D eigenvalue weighted by atomic mass is 32.2. The van der Waals surface area contributed by atoms with Crippen LogP contribution in [0.15, 0.2) is 23.1 Å². The van der Waals surface area contributed by atoms with Gasteiger partial charge in [0, 0.05) is 35.8 Å². The van der Waals surface area contributed by atoms with Crippen LogP contribution >= 0.6 is 11.8 Å². The Morgan fingerprint density at radius 2 is 2.24 bits per heavy atom. The summed E-state index contributed by atoms with van der Waals surface area (Å²) in [4.78, 5) is 25.2. The Bertz CT molecular complexity index is 473. The molecule has 0 aliphatic carbocycles. The number of thioether (sulfide) groups is 1. The molecule has 0 N–H and O–H groups in total. The molecule has 4 nitrogen and oxygen atoms in total. The summed E-state index contributed by atoms with van der Waals surface area (Å²) in [6.07, 6.45) is -0.560. The van der Waals surface area contributed by atoms with Gasteiger partial charge in [-0.25, -0.2) is 0 Å². The van der Waals surface area contributed by atoms with E-state index in [2.05, 4.69) is 4.90 Å². The quantitative estimate of drug-likeness (QED) is 0.579. The predicted molar refractivity (Wildman–Crippen MR) is 64.4 cm³/mol. The lowest BCUT2D eigenvalue weighted by atomic mass is 10.1. The van der Waals surface area contributed by atoms with Crippen molar-refractivity contribution in [1.29, 1.82) is 0 Å². The number of anilines is 1. The number of rotatable bonds is 3. The van der Waals surface area contributed by atoms with E-state index in [0.717, 1.165) is 22.9 Å². The first kappa shape index (κ1) is 12.0. The number of carboxylic acids is 1. The standard InChI is InChI=1S/C12H13NO3S/c1-13-4-5-17-11-3-2-8(6-9(11)13)10(14)7-12(15)16/h2-3,6H,4-5,7H2,1H3,(H,15,16)/p-1. The van der Waals surface area contributed by atoms with E-state index in [0.29, 0.717) is 5.56 Å². The molecule has 0 saturated heterocycles. The first-order chi connectivity index (χ1) is 8.08. The van der Waals surface area contributed by atoms with Gasteiger partial charge in [0.15, 0.2) is 5.78 Å². The van der Waals surface area contributed by atoms with Crippen LogP contribution in [0.1, 0.15) is 16.8 Å². The number of carboxylic acid groups (broad SMARTS) is 1. The molecule has 1 heterocycles. The SMILES string of the molecule is CN1CCSc2ccc(C(=O)CC(=O)[O-])cc21. The fourth-order valence-corrected chi connectivity index (χ4v) is 2.87. The van der Waals surface area contributed by atoms with Crippen molar-refractivity contribution in [3.8, 4) is 0 Å². The largest absolute Gasteiger partial charge is 0.550 e. The number of benzene rings is 1. The summed E-state index contributed by atoms with van der Waals surface area (Å²) in [7, 11) is 1.96. The van der Waals surface area contributed by atoms with E-state index in [1.54, 1.807) is 23.9 Å². The number of carbonyl (C=O) groups is 2. The molecule has 0 unspecified atom stereocenters. The number of fused-ring (bicyclic) bond motifs is 1. The summed E-state index contributed by atoms with van der Waals surface area (Å²) >= 11 is 1.75. The molecule has 0 fully saturated rings. The van der Waals surface area contributed by atoms with Crippen LogP contribution in [0.4, 0.5) is 5.69 Å². The van der Waals surface area contributed by atoms with Crippen LogP contribution in [0.25, 0.3) is 0 Å². The number of hydrogen-bond acceptors (Lipinski definition) is 5. The Labute approximate surface area is 104 Å². The summed E-state index contributed by atoms with van der Waals surface area (Å²) in [6, 6.07) is 5.31. The van der Waals surface area contributed by atoms with E-state index in [4.69, 9.17) is 0 Å². The number of carbonyl (C=O) groups excluding carboxylic acids is 2. The van der Waals surface area contributed by atoms with Crippen LogP contribution in [0.2, 0.25) is 0 Å². The highest BCUT2D eigenvalue weighted by Crippen LogP contribution is 2.34. The summed E-state index contributed by atoms with van der Waals surface area (Å²) in [5.74, 6) is -0.720. The second kappa shape index (κ2) is 4.79. The molecular weight excluding hydrogens is 238 g/mol. The molecule has 1 aliphatic heterocycles. The first-order valence-electron chi connectivity index (χ1n) is 5.29. The van der Waals surface area contributed by atoms with Gasteiger partial charge in [-0.05, 0) is 12.1 Å². The summed E-state index contributed by atoms with van der Waals surface area (Å²) < 4.78 is 0. The van der Waals surface area contributed by atoms with Crippen LogP contribution in [-0.2, 0) is 4.79 Å². The smallest absolute Gasteiger partial charge is 0.168 e. The van der Waals surface area contributed by atoms with Crippen LogP contribution in [-0.4, -0.2) is 31.1 Å². The third-order valence-electron chi connectivity index (χ3n) is 2.68. The topological polar surface area (TPSA) is 60.4 Å². The van der Waals surface area contributed by atoms with Crippen molar-refractivity contribution >= 4 is 29.2 Å². The lowest BCUT2D eigenvalue weighted by molar-refractivity contribution is -0.304. The van der Waals surface area contributed by atoms with Crippen molar-refractivity contribution in [3.05, 3.63) is 23.8 Å². The molecule has 0 amide bonds. The maximum atomic E-state index is 11.6. The Balaban J connectivity index is 2.29. The molecule has 5 heteroatoms. The summed E-state index contributed by atoms with van der Waals surface area (Å²) in [6.45, 7) is 0.926. The maximum Gasteiger partial charge on any atom is 0.168 e. The molecule has 0 atom stereocenters. The highest BCUT2D eigenvalue weighted by Gasteiger charge is 2.16. The Kier molecular flexibility index (Phi) is 3.38. The van der Waals surface area contributed by atoms with Crippen LogP contribution < -0.4 is 10.0 Å². The lowest BCUT2D eigenvalue weighted by Crippen LogP contribution is -2.26. The molecule has 17 heavy (non-hydrogen) atoms. The summed E-state index contributed by atoms with van der Waals surface area (Å²) in [5, 5.41) is 10.4. The minimum absolute atomic E-state index is 0.406. The minimum atomic E-state index is -1.34. The van der Waals surface area contributed by atoms with Gasteiger partial charge in [-0.1, -0.05) is 6.07 Å². The minimum Gasteiger partial charge on any atom is -0.550 e. The number of ketones is 1. The van der Waals surface area contributed by atoms with Crippen molar-refractivity contribution in [2.45, 2.75) is 11.3 Å². The zero-order chi connectivity index (χ0) is 12.4. The molecule has 1 aliphatic rings. The average molecular weight is 250 g/mol. The van der Waals surface area contributed by atoms with Gasteiger partial charge < -0.3 is 14.8 Å². The molecule has 0 aromatic heterocycles. The third kappa shape index (κ3) is 2.61. The van der Waals surface area contributed by atoms with Gasteiger partial charge in [-0.3, -0.25) is 4.79 Å². The van der Waals surface area contributed by atoms with E-state index in [-0.39, 0.29) is 0 Å². The highest BCUT2D eigenvalue weighted by molar-refractivity contribution is 7.99. The maximum absolute atomic E-state index is 11.6. The Morgan fingerprint density at radius 3 is 2.94 bits per heavy atom. The zero-order valence-electron chi connectivity index (χ0n) is 9.43. The lowest BCUT2D eigenvalue weighted by Gasteiger charge is -2.27. The molecule has 0 bridgehead atoms. The number of aliphatic carboxylic acids is 1. The van der Waals surface area contributed by atoms with Crippen LogP contribution in [0, 0.1) is 0 Å². The van der Waals surface area contributed by atoms with Crippen LogP contribution in [0.5, 0.6) is 0 Å². The van der Waals surface area contributed by atoms with E-state index < -0.39 is 18.2 Å². The number of hydrogen-bond donors (Lipinski definition) is 0. The van der Waals surface area contributed by atoms with Gasteiger partial charge in [0.05, 0.1) is 12.1 Å². The monoisotopic (exact) mass is 250 g/mol. The van der Waals surface area contributed by atoms with Gasteiger partial charge in [-0.2, -0.15) is 0 Å². The second-order valence-corrected chi connectivity index (χ2v) is 5.06. The third-order valence-corrected chi connectivity index (χ3v) is 3.72. The predicted octanol–water partition coefficient (Wildman–Crippen LogP) is 0.551. The van der Waals surface area contributed by atoms with Gasteiger partial charge in [0.25, 0.3) is 0 Å². The van der Waals surface area contributed by atoms with Gasteiger partial charge in [0.1, 0.15) is 0 Å². The molecule has 0 saturated carbocycles. The van der Waals surface area contributed by atoms with Crippen molar-refractivity contribution in [2.75, 3.05) is 24.2 Å². The van der Waals surface area contributed by atoms with Crippen molar-refractivity contribution in [2.24, 2.45) is 0 Å². The van der Waals surface area contributed by atoms with Crippen molar-refractivity contribution in [1.82, 2.24) is 0 Å². The molecule has 1 aromatic carbocycles. The van der Waals surface area contributed by atoms with Gasteiger partial charge in [0.2, 0.25) is 0 Å². The average Bonchev–Trinajstić information content (AvgIpc) is 2.28. The normalized spacial score (nSPS) is 14.3. The van der Waals surface area contributed by atoms with E-state index in [9.17, 15) is 14.7 Å². The summed E-state index contributed by atoms with van der Waals surface area (Å²) in [5.41, 5.74) is 1.42. The van der Waals surface area contributed by atoms with E-state index >= 15 is 0 Å². The van der Waals surface area contributed by atoms with Crippen LogP contribution in [0.3, 0.4) is 0 Å². The van der Waals surface area contributed by atoms with Crippen molar-refractivity contribution < 1.29 is 14.7 Å². The van der Waals surface area contributed by atoms with E-state index in [1.165, 1.54) is 0 Å². The number of nitrogens with zero attached hydrogens (tertiary/aromatic N) is 1. The Hall–Kier alpha value is -1.49. The molecule has 0 radical (unpaired) electrons. The second-order valence-electron chi connectivity index (χ2n) is 3.92. The van der Waals surface area contributed by atoms with E-state index in [1.807, 2.05) is 13.1 Å². The molecular formula is C12H12NO3S-.